The predicted octanol–water partition coefficient (Wildman–Crippen LogP) is 1.60. The molecular formula is C17H21N3O6. The summed E-state index contributed by atoms with van der Waals surface area (Å²) >= 11 is 0. The van der Waals surface area contributed by atoms with Crippen LogP contribution in [0.2, 0.25) is 0 Å². The van der Waals surface area contributed by atoms with E-state index in [1.165, 1.54) is 12.1 Å². The van der Waals surface area contributed by atoms with Crippen LogP contribution in [-0.2, 0) is 11.2 Å². The van der Waals surface area contributed by atoms with Gasteiger partial charge in [0.1, 0.15) is 0 Å². The maximum atomic E-state index is 12.2. The van der Waals surface area contributed by atoms with Gasteiger partial charge in [-0.1, -0.05) is 5.16 Å². The fourth-order valence-electron chi connectivity index (χ4n) is 2.16. The van der Waals surface area contributed by atoms with Crippen LogP contribution in [0.15, 0.2) is 22.7 Å². The molecule has 0 spiro atoms. The number of carbonyl (C=O) groups is 2. The lowest BCUT2D eigenvalue weighted by Crippen LogP contribution is -2.24. The van der Waals surface area contributed by atoms with Crippen LogP contribution in [0.5, 0.6) is 11.5 Å². The fourth-order valence-corrected chi connectivity index (χ4v) is 2.16. The zero-order valence-electron chi connectivity index (χ0n) is 14.7. The number of nitrogens with zero attached hydrogens (tertiary/aromatic N) is 2. The first-order valence-electron chi connectivity index (χ1n) is 8.18. The Hall–Kier alpha value is -3.10. The van der Waals surface area contributed by atoms with Crippen molar-refractivity contribution in [2.75, 3.05) is 19.8 Å². The summed E-state index contributed by atoms with van der Waals surface area (Å²) in [4.78, 5) is 27.0. The summed E-state index contributed by atoms with van der Waals surface area (Å²) < 4.78 is 15.6. The number of aromatic nitrogens is 2. The van der Waals surface area contributed by atoms with E-state index in [4.69, 9.17) is 19.1 Å². The molecule has 0 aliphatic heterocycles. The number of ether oxygens (including phenoxy) is 2. The van der Waals surface area contributed by atoms with Gasteiger partial charge in [-0.05, 0) is 38.5 Å². The van der Waals surface area contributed by atoms with Crippen molar-refractivity contribution in [1.82, 2.24) is 15.5 Å². The molecule has 1 aromatic heterocycles. The Morgan fingerprint density at radius 3 is 2.73 bits per heavy atom. The van der Waals surface area contributed by atoms with Gasteiger partial charge in [0.15, 0.2) is 23.9 Å². The maximum absolute atomic E-state index is 12.2. The van der Waals surface area contributed by atoms with Gasteiger partial charge in [0.05, 0.1) is 6.61 Å². The Labute approximate surface area is 150 Å². The number of hydrogen-bond acceptors (Lipinski definition) is 7. The number of nitrogens with one attached hydrogen (secondary N) is 1. The second-order valence-corrected chi connectivity index (χ2v) is 5.37. The van der Waals surface area contributed by atoms with E-state index in [0.717, 1.165) is 0 Å². The molecule has 1 aromatic carbocycles. The number of benzene rings is 1. The van der Waals surface area contributed by atoms with Crippen molar-refractivity contribution >= 4 is 11.9 Å². The molecule has 0 aliphatic carbocycles. The molecule has 26 heavy (non-hydrogen) atoms. The normalized spacial score (nSPS) is 10.4. The molecule has 9 nitrogen and oxygen atoms in total. The summed E-state index contributed by atoms with van der Waals surface area (Å²) in [5.41, 5.74) is 0.393. The van der Waals surface area contributed by atoms with Crippen molar-refractivity contribution < 1.29 is 28.7 Å². The standard InChI is InChI=1S/C17H21N3O6/c1-3-24-14-9-12(6-7-13(14)25-10-16(21)22)17(23)18-8-4-5-15-19-11(2)20-26-15/h6-7,9H,3-5,8,10H2,1-2H3,(H,18,23)(H,21,22). The van der Waals surface area contributed by atoms with E-state index >= 15 is 0 Å². The van der Waals surface area contributed by atoms with Gasteiger partial charge >= 0.3 is 5.97 Å². The Bertz CT molecular complexity index is 759. The maximum Gasteiger partial charge on any atom is 0.341 e. The van der Waals surface area contributed by atoms with E-state index < -0.39 is 12.6 Å². The van der Waals surface area contributed by atoms with Crippen molar-refractivity contribution in [2.45, 2.75) is 26.7 Å². The molecule has 2 aromatic rings. The monoisotopic (exact) mass is 363 g/mol. The number of carbonyl (C=O) groups excluding carboxylic acids is 1. The van der Waals surface area contributed by atoms with E-state index in [2.05, 4.69) is 15.5 Å². The SMILES string of the molecule is CCOc1cc(C(=O)NCCCc2nc(C)no2)ccc1OCC(=O)O. The second-order valence-electron chi connectivity index (χ2n) is 5.37. The van der Waals surface area contributed by atoms with Crippen LogP contribution in [0, 0.1) is 6.92 Å². The van der Waals surface area contributed by atoms with Gasteiger partial charge in [-0.3, -0.25) is 4.79 Å². The number of carboxylic acid groups (broad SMARTS) is 1. The van der Waals surface area contributed by atoms with Gasteiger partial charge in [-0.15, -0.1) is 0 Å². The molecule has 0 unspecified atom stereocenters. The largest absolute Gasteiger partial charge is 0.490 e. The molecule has 140 valence electrons. The summed E-state index contributed by atoms with van der Waals surface area (Å²) in [6.07, 6.45) is 1.23. The van der Waals surface area contributed by atoms with Crippen LogP contribution in [0.3, 0.4) is 0 Å². The topological polar surface area (TPSA) is 124 Å². The predicted molar refractivity (Wildman–Crippen MR) is 90.4 cm³/mol. The van der Waals surface area contributed by atoms with Gasteiger partial charge < -0.3 is 24.4 Å². The quantitative estimate of drug-likeness (QED) is 0.610. The van der Waals surface area contributed by atoms with Gasteiger partial charge in [0, 0.05) is 18.5 Å². The number of aliphatic carboxylic acids is 1. The molecule has 0 saturated carbocycles. The molecular weight excluding hydrogens is 342 g/mol. The molecule has 0 atom stereocenters. The number of hydrogen-bond donors (Lipinski definition) is 2. The highest BCUT2D eigenvalue weighted by Crippen LogP contribution is 2.28. The molecule has 2 rings (SSSR count). The molecule has 0 aliphatic rings. The average molecular weight is 363 g/mol. The first kappa shape index (κ1) is 19.2. The molecule has 9 heteroatoms. The Balaban J connectivity index is 1.90. The molecule has 1 amide bonds. The fraction of sp³-hybridized carbons (Fsp3) is 0.412. The number of rotatable bonds is 10. The van der Waals surface area contributed by atoms with Gasteiger partial charge in [-0.2, -0.15) is 4.98 Å². The summed E-state index contributed by atoms with van der Waals surface area (Å²) in [5, 5.41) is 15.2. The van der Waals surface area contributed by atoms with E-state index in [1.54, 1.807) is 19.9 Å². The van der Waals surface area contributed by atoms with Gasteiger partial charge in [-0.25, -0.2) is 4.79 Å². The van der Waals surface area contributed by atoms with E-state index in [1.807, 2.05) is 0 Å². The molecule has 0 saturated heterocycles. The minimum Gasteiger partial charge on any atom is -0.490 e. The number of aryl methyl sites for hydroxylation is 2. The number of carboxylic acids is 1. The third-order valence-electron chi connectivity index (χ3n) is 3.28. The summed E-state index contributed by atoms with van der Waals surface area (Å²) in [6, 6.07) is 4.60. The lowest BCUT2D eigenvalue weighted by Gasteiger charge is -2.12. The van der Waals surface area contributed by atoms with Crippen molar-refractivity contribution in [3.8, 4) is 11.5 Å². The van der Waals surface area contributed by atoms with Crippen molar-refractivity contribution in [3.05, 3.63) is 35.5 Å². The third kappa shape index (κ3) is 5.76. The van der Waals surface area contributed by atoms with E-state index in [9.17, 15) is 9.59 Å². The first-order valence-corrected chi connectivity index (χ1v) is 8.18. The molecule has 0 fully saturated rings. The van der Waals surface area contributed by atoms with Crippen LogP contribution in [0.1, 0.15) is 35.4 Å². The molecule has 0 bridgehead atoms. The van der Waals surface area contributed by atoms with E-state index in [-0.39, 0.29) is 11.7 Å². The highest BCUT2D eigenvalue weighted by molar-refractivity contribution is 5.94. The van der Waals surface area contributed by atoms with Gasteiger partial charge in [0.2, 0.25) is 5.89 Å². The summed E-state index contributed by atoms with van der Waals surface area (Å²) in [5.74, 6) is 0.358. The lowest BCUT2D eigenvalue weighted by atomic mass is 10.2. The van der Waals surface area contributed by atoms with Crippen LogP contribution in [0.25, 0.3) is 0 Å². The third-order valence-corrected chi connectivity index (χ3v) is 3.28. The summed E-state index contributed by atoms with van der Waals surface area (Å²) in [6.45, 7) is 3.85. The van der Waals surface area contributed by atoms with E-state index in [0.29, 0.717) is 49.0 Å². The van der Waals surface area contributed by atoms with Crippen LogP contribution in [0.4, 0.5) is 0 Å². The lowest BCUT2D eigenvalue weighted by molar-refractivity contribution is -0.139. The number of amides is 1. The van der Waals surface area contributed by atoms with Gasteiger partial charge in [0.25, 0.3) is 5.91 Å². The Morgan fingerprint density at radius 2 is 2.08 bits per heavy atom. The van der Waals surface area contributed by atoms with Crippen molar-refractivity contribution in [2.24, 2.45) is 0 Å². The van der Waals surface area contributed by atoms with Crippen LogP contribution in [-0.4, -0.2) is 46.9 Å². The zero-order valence-corrected chi connectivity index (χ0v) is 14.7. The average Bonchev–Trinajstić information content (AvgIpc) is 3.02. The minimum absolute atomic E-state index is 0.266. The zero-order chi connectivity index (χ0) is 18.9. The first-order chi connectivity index (χ1) is 12.5. The van der Waals surface area contributed by atoms with Crippen molar-refractivity contribution in [1.29, 1.82) is 0 Å². The van der Waals surface area contributed by atoms with Crippen LogP contribution < -0.4 is 14.8 Å². The molecule has 2 N–H and O–H groups in total. The Morgan fingerprint density at radius 1 is 1.27 bits per heavy atom. The smallest absolute Gasteiger partial charge is 0.341 e. The highest BCUT2D eigenvalue weighted by atomic mass is 16.5. The highest BCUT2D eigenvalue weighted by Gasteiger charge is 2.13. The minimum atomic E-state index is -1.09. The molecule has 0 radical (unpaired) electrons. The van der Waals surface area contributed by atoms with Crippen molar-refractivity contribution in [3.63, 3.8) is 0 Å². The Kier molecular flexibility index (Phi) is 6.95. The molecule has 1 heterocycles. The summed E-state index contributed by atoms with van der Waals surface area (Å²) in [7, 11) is 0. The second kappa shape index (κ2) is 9.40. The van der Waals surface area contributed by atoms with Crippen LogP contribution >= 0.6 is 0 Å².